The molecule has 3 nitrogen and oxygen atoms in total. The van der Waals surface area contributed by atoms with Gasteiger partial charge in [0.05, 0.1) is 0 Å². The Hall–Kier alpha value is -1.49. The molecule has 1 aromatic rings. The van der Waals surface area contributed by atoms with Gasteiger partial charge in [-0.25, -0.2) is 8.78 Å². The molecule has 0 aliphatic carbocycles. The third kappa shape index (κ3) is 1.88. The minimum Gasteiger partial charge on any atom is -0.368 e. The van der Waals surface area contributed by atoms with Crippen LogP contribution in [0.4, 0.5) is 8.78 Å². The molecule has 0 heterocycles. The van der Waals surface area contributed by atoms with Gasteiger partial charge in [0.25, 0.3) is 0 Å². The van der Waals surface area contributed by atoms with E-state index in [0.29, 0.717) is 0 Å². The first-order chi connectivity index (χ1) is 6.57. The predicted octanol–water partition coefficient (Wildman–Crippen LogP) is 0.711. The van der Waals surface area contributed by atoms with Crippen LogP contribution in [0, 0.1) is 11.6 Å². The second-order valence-corrected chi connectivity index (χ2v) is 2.77. The van der Waals surface area contributed by atoms with Crippen LogP contribution in [-0.4, -0.2) is 13.0 Å². The highest BCUT2D eigenvalue weighted by atomic mass is 19.2. The Morgan fingerprint density at radius 2 is 2.14 bits per heavy atom. The number of nitrogens with two attached hydrogens (primary N) is 1. The van der Waals surface area contributed by atoms with Crippen LogP contribution in [0.25, 0.3) is 0 Å². The van der Waals surface area contributed by atoms with Gasteiger partial charge in [0.1, 0.15) is 6.04 Å². The molecule has 1 atom stereocenters. The van der Waals surface area contributed by atoms with Crippen LogP contribution in [0.2, 0.25) is 0 Å². The zero-order chi connectivity index (χ0) is 10.7. The van der Waals surface area contributed by atoms with Gasteiger partial charge in [-0.3, -0.25) is 4.79 Å². The van der Waals surface area contributed by atoms with Gasteiger partial charge in [-0.05, 0) is 13.1 Å². The molecule has 5 heteroatoms. The van der Waals surface area contributed by atoms with Crippen molar-refractivity contribution in [2.24, 2.45) is 5.73 Å². The van der Waals surface area contributed by atoms with Gasteiger partial charge in [0.15, 0.2) is 11.6 Å². The summed E-state index contributed by atoms with van der Waals surface area (Å²) in [5.41, 5.74) is 4.92. The summed E-state index contributed by atoms with van der Waals surface area (Å²) in [5.74, 6) is -2.80. The first-order valence-corrected chi connectivity index (χ1v) is 3.98. The molecule has 0 radical (unpaired) electrons. The lowest BCUT2D eigenvalue weighted by Crippen LogP contribution is -2.32. The molecule has 0 aromatic heterocycles. The fourth-order valence-corrected chi connectivity index (χ4v) is 1.19. The van der Waals surface area contributed by atoms with Gasteiger partial charge < -0.3 is 11.1 Å². The van der Waals surface area contributed by atoms with Crippen molar-refractivity contribution >= 4 is 5.91 Å². The van der Waals surface area contributed by atoms with E-state index in [1.165, 1.54) is 19.2 Å². The topological polar surface area (TPSA) is 55.1 Å². The summed E-state index contributed by atoms with van der Waals surface area (Å²) in [6.07, 6.45) is 0. The SMILES string of the molecule is CNC(C(N)=O)c1cccc(F)c1F. The highest BCUT2D eigenvalue weighted by Gasteiger charge is 2.20. The van der Waals surface area contributed by atoms with Gasteiger partial charge >= 0.3 is 0 Å². The minimum absolute atomic E-state index is 0.0833. The third-order valence-corrected chi connectivity index (χ3v) is 1.87. The molecular weight excluding hydrogens is 190 g/mol. The lowest BCUT2D eigenvalue weighted by atomic mass is 10.1. The zero-order valence-corrected chi connectivity index (χ0v) is 7.55. The Labute approximate surface area is 79.9 Å². The van der Waals surface area contributed by atoms with E-state index in [2.05, 4.69) is 5.32 Å². The van der Waals surface area contributed by atoms with Gasteiger partial charge in [-0.2, -0.15) is 0 Å². The molecule has 3 N–H and O–H groups in total. The summed E-state index contributed by atoms with van der Waals surface area (Å²) in [7, 11) is 1.44. The Balaban J connectivity index is 3.16. The van der Waals surface area contributed by atoms with E-state index in [1.54, 1.807) is 0 Å². The third-order valence-electron chi connectivity index (χ3n) is 1.87. The number of halogens is 2. The van der Waals surface area contributed by atoms with Crippen LogP contribution >= 0.6 is 0 Å². The van der Waals surface area contributed by atoms with E-state index >= 15 is 0 Å². The highest BCUT2D eigenvalue weighted by Crippen LogP contribution is 2.18. The summed E-state index contributed by atoms with van der Waals surface area (Å²) in [6.45, 7) is 0. The quantitative estimate of drug-likeness (QED) is 0.755. The largest absolute Gasteiger partial charge is 0.368 e. The number of carbonyl (C=O) groups excluding carboxylic acids is 1. The number of primary amides is 1. The van der Waals surface area contributed by atoms with Crippen molar-refractivity contribution in [3.8, 4) is 0 Å². The summed E-state index contributed by atoms with van der Waals surface area (Å²) >= 11 is 0. The number of carbonyl (C=O) groups is 1. The first-order valence-electron chi connectivity index (χ1n) is 3.98. The van der Waals surface area contributed by atoms with E-state index in [9.17, 15) is 13.6 Å². The average Bonchev–Trinajstić information content (AvgIpc) is 2.13. The Morgan fingerprint density at radius 1 is 1.50 bits per heavy atom. The second kappa shape index (κ2) is 4.15. The molecule has 1 unspecified atom stereocenters. The number of benzene rings is 1. The number of nitrogens with one attached hydrogen (secondary N) is 1. The first kappa shape index (κ1) is 10.6. The summed E-state index contributed by atoms with van der Waals surface area (Å²) in [4.78, 5) is 10.9. The van der Waals surface area contributed by atoms with Crippen LogP contribution in [0.5, 0.6) is 0 Å². The summed E-state index contributed by atoms with van der Waals surface area (Å²) in [6, 6.07) is 2.60. The predicted molar refractivity (Wildman–Crippen MR) is 47.4 cm³/mol. The Kier molecular flexibility index (Phi) is 3.14. The normalized spacial score (nSPS) is 12.5. The molecule has 1 rings (SSSR count). The van der Waals surface area contributed by atoms with E-state index in [-0.39, 0.29) is 5.56 Å². The fraction of sp³-hybridized carbons (Fsp3) is 0.222. The van der Waals surface area contributed by atoms with E-state index in [0.717, 1.165) is 6.07 Å². The van der Waals surface area contributed by atoms with E-state index in [4.69, 9.17) is 5.73 Å². The molecule has 0 saturated heterocycles. The van der Waals surface area contributed by atoms with Crippen LogP contribution in [0.15, 0.2) is 18.2 Å². The van der Waals surface area contributed by atoms with E-state index in [1.807, 2.05) is 0 Å². The van der Waals surface area contributed by atoms with Crippen LogP contribution in [0.3, 0.4) is 0 Å². The molecule has 14 heavy (non-hydrogen) atoms. The maximum atomic E-state index is 13.2. The molecule has 0 aliphatic heterocycles. The number of hydrogen-bond acceptors (Lipinski definition) is 2. The van der Waals surface area contributed by atoms with Gasteiger partial charge in [0.2, 0.25) is 5.91 Å². The van der Waals surface area contributed by atoms with Gasteiger partial charge in [-0.15, -0.1) is 0 Å². The van der Waals surface area contributed by atoms with Gasteiger partial charge in [-0.1, -0.05) is 12.1 Å². The average molecular weight is 200 g/mol. The molecular formula is C9H10F2N2O. The van der Waals surface area contributed by atoms with Gasteiger partial charge in [0, 0.05) is 5.56 Å². The highest BCUT2D eigenvalue weighted by molar-refractivity contribution is 5.81. The monoisotopic (exact) mass is 200 g/mol. The smallest absolute Gasteiger partial charge is 0.239 e. The molecule has 0 spiro atoms. The maximum absolute atomic E-state index is 13.2. The zero-order valence-electron chi connectivity index (χ0n) is 7.55. The maximum Gasteiger partial charge on any atom is 0.239 e. The van der Waals surface area contributed by atoms with Crippen molar-refractivity contribution in [3.05, 3.63) is 35.4 Å². The number of rotatable bonds is 3. The lowest BCUT2D eigenvalue weighted by molar-refractivity contribution is -0.120. The Morgan fingerprint density at radius 3 is 2.64 bits per heavy atom. The Bertz CT molecular complexity index is 355. The van der Waals surface area contributed by atoms with E-state index < -0.39 is 23.6 Å². The fourth-order valence-electron chi connectivity index (χ4n) is 1.19. The second-order valence-electron chi connectivity index (χ2n) is 2.77. The van der Waals surface area contributed by atoms with Crippen molar-refractivity contribution in [2.75, 3.05) is 7.05 Å². The van der Waals surface area contributed by atoms with Crippen LogP contribution in [-0.2, 0) is 4.79 Å². The molecule has 1 amide bonds. The van der Waals surface area contributed by atoms with Crippen LogP contribution in [0.1, 0.15) is 11.6 Å². The molecule has 76 valence electrons. The van der Waals surface area contributed by atoms with Crippen molar-refractivity contribution in [3.63, 3.8) is 0 Å². The molecule has 0 saturated carbocycles. The summed E-state index contributed by atoms with van der Waals surface area (Å²) in [5, 5.41) is 2.50. The molecule has 0 bridgehead atoms. The number of amides is 1. The number of hydrogen-bond donors (Lipinski definition) is 2. The molecule has 0 fully saturated rings. The summed E-state index contributed by atoms with van der Waals surface area (Å²) < 4.78 is 26.0. The standard InChI is InChI=1S/C9H10F2N2O/c1-13-8(9(12)14)5-3-2-4-6(10)7(5)11/h2-4,8,13H,1H3,(H2,12,14). The van der Waals surface area contributed by atoms with Crippen molar-refractivity contribution in [1.82, 2.24) is 5.32 Å². The van der Waals surface area contributed by atoms with Crippen molar-refractivity contribution < 1.29 is 13.6 Å². The van der Waals surface area contributed by atoms with Crippen LogP contribution < -0.4 is 11.1 Å². The van der Waals surface area contributed by atoms with Crippen molar-refractivity contribution in [1.29, 1.82) is 0 Å². The van der Waals surface area contributed by atoms with Crippen molar-refractivity contribution in [2.45, 2.75) is 6.04 Å². The number of likely N-dealkylation sites (N-methyl/N-ethyl adjacent to an activating group) is 1. The minimum atomic E-state index is -1.05. The lowest BCUT2D eigenvalue weighted by Gasteiger charge is -2.13. The molecule has 1 aromatic carbocycles. The molecule has 0 aliphatic rings.